The molecule has 2 aromatic rings. The van der Waals surface area contributed by atoms with Gasteiger partial charge < -0.3 is 14.2 Å². The molecule has 2 amide bonds. The van der Waals surface area contributed by atoms with Crippen LogP contribution in [0.1, 0.15) is 41.8 Å². The van der Waals surface area contributed by atoms with E-state index in [2.05, 4.69) is 0 Å². The van der Waals surface area contributed by atoms with Crippen LogP contribution in [0, 0.1) is 5.92 Å². The van der Waals surface area contributed by atoms with Crippen molar-refractivity contribution >= 4 is 32.6 Å². The zero-order chi connectivity index (χ0) is 20.6. The summed E-state index contributed by atoms with van der Waals surface area (Å²) in [5, 5.41) is 0.649. The van der Waals surface area contributed by atoms with Crippen LogP contribution in [0.25, 0.3) is 11.0 Å². The molecule has 2 heterocycles. The van der Waals surface area contributed by atoms with E-state index in [1.807, 2.05) is 4.90 Å². The lowest BCUT2D eigenvalue weighted by Crippen LogP contribution is -2.51. The molecule has 1 aliphatic heterocycles. The van der Waals surface area contributed by atoms with Gasteiger partial charge in [0.25, 0.3) is 5.91 Å². The van der Waals surface area contributed by atoms with Gasteiger partial charge in [-0.2, -0.15) is 0 Å². The maximum atomic E-state index is 13.1. The van der Waals surface area contributed by atoms with E-state index in [1.54, 1.807) is 29.2 Å². The van der Waals surface area contributed by atoms with E-state index < -0.39 is 9.84 Å². The minimum Gasteiger partial charge on any atom is -0.451 e. The molecule has 1 aromatic carbocycles. The quantitative estimate of drug-likeness (QED) is 0.761. The van der Waals surface area contributed by atoms with Crippen molar-refractivity contribution in [2.24, 2.45) is 5.92 Å². The summed E-state index contributed by atoms with van der Waals surface area (Å²) in [4.78, 5) is 29.3. The second-order valence-corrected chi connectivity index (χ2v) is 10.2. The summed E-state index contributed by atoms with van der Waals surface area (Å²) in [7, 11) is -3.34. The van der Waals surface area contributed by atoms with Gasteiger partial charge in [0.05, 0.1) is 5.75 Å². The van der Waals surface area contributed by atoms with E-state index in [0.29, 0.717) is 42.7 Å². The minimum atomic E-state index is -3.34. The van der Waals surface area contributed by atoms with Crippen LogP contribution in [0.5, 0.6) is 0 Å². The number of para-hydroxylation sites is 1. The second kappa shape index (κ2) is 7.82. The summed E-state index contributed by atoms with van der Waals surface area (Å²) >= 11 is 0. The zero-order valence-corrected chi connectivity index (χ0v) is 17.4. The third kappa shape index (κ3) is 4.17. The second-order valence-electron chi connectivity index (χ2n) is 8.07. The van der Waals surface area contributed by atoms with E-state index in [9.17, 15) is 18.0 Å². The first kappa shape index (κ1) is 19.9. The van der Waals surface area contributed by atoms with Gasteiger partial charge in [-0.1, -0.05) is 31.0 Å². The lowest BCUT2D eigenvalue weighted by Gasteiger charge is -2.35. The molecule has 4 rings (SSSR count). The Morgan fingerprint density at radius 1 is 1.03 bits per heavy atom. The molecule has 156 valence electrons. The third-order valence-electron chi connectivity index (χ3n) is 5.88. The summed E-state index contributed by atoms with van der Waals surface area (Å²) in [6, 6.07) is 7.09. The van der Waals surface area contributed by atoms with Crippen molar-refractivity contribution in [1.29, 1.82) is 0 Å². The van der Waals surface area contributed by atoms with Crippen LogP contribution in [0.2, 0.25) is 0 Å². The predicted molar refractivity (Wildman–Crippen MR) is 109 cm³/mol. The molecule has 0 atom stereocenters. The molecule has 8 heteroatoms. The number of furan rings is 1. The Hall–Kier alpha value is -2.35. The number of hydrogen-bond donors (Lipinski definition) is 0. The summed E-state index contributed by atoms with van der Waals surface area (Å²) in [5.41, 5.74) is 0.919. The highest BCUT2D eigenvalue weighted by Crippen LogP contribution is 2.30. The van der Waals surface area contributed by atoms with Crippen molar-refractivity contribution < 1.29 is 22.4 Å². The van der Waals surface area contributed by atoms with Gasteiger partial charge in [0.1, 0.15) is 5.58 Å². The molecular weight excluding hydrogens is 392 g/mol. The van der Waals surface area contributed by atoms with E-state index in [4.69, 9.17) is 4.42 Å². The van der Waals surface area contributed by atoms with E-state index >= 15 is 0 Å². The van der Waals surface area contributed by atoms with Crippen LogP contribution in [-0.4, -0.2) is 62.5 Å². The fourth-order valence-corrected chi connectivity index (χ4v) is 5.19. The number of rotatable bonds is 4. The Morgan fingerprint density at radius 3 is 2.31 bits per heavy atom. The maximum absolute atomic E-state index is 13.1. The monoisotopic (exact) mass is 418 g/mol. The van der Waals surface area contributed by atoms with Gasteiger partial charge in [0, 0.05) is 49.3 Å². The largest absolute Gasteiger partial charge is 0.451 e. The molecule has 0 bridgehead atoms. The van der Waals surface area contributed by atoms with Crippen molar-refractivity contribution in [2.45, 2.75) is 31.4 Å². The van der Waals surface area contributed by atoms with Gasteiger partial charge >= 0.3 is 0 Å². The maximum Gasteiger partial charge on any atom is 0.290 e. The van der Waals surface area contributed by atoms with Gasteiger partial charge in [-0.3, -0.25) is 9.59 Å². The summed E-state index contributed by atoms with van der Waals surface area (Å²) in [5.74, 6) is -0.129. The van der Waals surface area contributed by atoms with Crippen molar-refractivity contribution in [2.75, 3.05) is 32.4 Å². The SMILES string of the molecule is CS(=O)(=O)Cc1c(C(=O)N2CCN(C(=O)C3CCCC3)CC2)oc2ccccc12. The van der Waals surface area contributed by atoms with Crippen molar-refractivity contribution in [3.8, 4) is 0 Å². The fraction of sp³-hybridized carbons (Fsp3) is 0.524. The topological polar surface area (TPSA) is 87.9 Å². The number of nitrogens with zero attached hydrogens (tertiary/aromatic N) is 2. The Morgan fingerprint density at radius 2 is 1.66 bits per heavy atom. The Bertz CT molecular complexity index is 1030. The van der Waals surface area contributed by atoms with Crippen molar-refractivity contribution in [1.82, 2.24) is 9.80 Å². The number of fused-ring (bicyclic) bond motifs is 1. The highest BCUT2D eigenvalue weighted by molar-refractivity contribution is 7.89. The van der Waals surface area contributed by atoms with Gasteiger partial charge in [0.2, 0.25) is 5.91 Å². The van der Waals surface area contributed by atoms with Crippen molar-refractivity contribution in [3.05, 3.63) is 35.6 Å². The van der Waals surface area contributed by atoms with Crippen LogP contribution >= 0.6 is 0 Å². The van der Waals surface area contributed by atoms with Gasteiger partial charge in [0.15, 0.2) is 15.6 Å². The van der Waals surface area contributed by atoms with Gasteiger partial charge in [-0.15, -0.1) is 0 Å². The third-order valence-corrected chi connectivity index (χ3v) is 6.70. The molecule has 0 radical (unpaired) electrons. The summed E-state index contributed by atoms with van der Waals surface area (Å²) < 4.78 is 29.6. The van der Waals surface area contributed by atoms with Crippen molar-refractivity contribution in [3.63, 3.8) is 0 Å². The first-order valence-corrected chi connectivity index (χ1v) is 12.2. The van der Waals surface area contributed by atoms with Gasteiger partial charge in [-0.05, 0) is 18.9 Å². The van der Waals surface area contributed by atoms with Crippen LogP contribution in [0.15, 0.2) is 28.7 Å². The minimum absolute atomic E-state index is 0.0900. The predicted octanol–water partition coefficient (Wildman–Crippen LogP) is 2.45. The molecule has 0 spiro atoms. The molecule has 1 saturated carbocycles. The smallest absolute Gasteiger partial charge is 0.290 e. The highest BCUT2D eigenvalue weighted by atomic mass is 32.2. The highest BCUT2D eigenvalue weighted by Gasteiger charge is 2.33. The standard InChI is InChI=1S/C21H26N2O5S/c1-29(26,27)14-17-16-8-4-5-9-18(16)28-19(17)21(25)23-12-10-22(11-13-23)20(24)15-6-2-3-7-15/h4-5,8-9,15H,2-3,6-7,10-14H2,1H3. The number of sulfone groups is 1. The lowest BCUT2D eigenvalue weighted by molar-refractivity contribution is -0.136. The average Bonchev–Trinajstić information content (AvgIpc) is 3.35. The summed E-state index contributed by atoms with van der Waals surface area (Å²) in [6.45, 7) is 1.85. The van der Waals surface area contributed by atoms with E-state index in [0.717, 1.165) is 31.9 Å². The molecule has 29 heavy (non-hydrogen) atoms. The van der Waals surface area contributed by atoms with Gasteiger partial charge in [-0.25, -0.2) is 8.42 Å². The van der Waals surface area contributed by atoms with Crippen LogP contribution in [-0.2, 0) is 20.4 Å². The number of carbonyl (C=O) groups is 2. The number of benzene rings is 1. The lowest BCUT2D eigenvalue weighted by atomic mass is 10.1. The first-order valence-electron chi connectivity index (χ1n) is 10.1. The Kier molecular flexibility index (Phi) is 5.38. The number of carbonyl (C=O) groups excluding carboxylic acids is 2. The Balaban J connectivity index is 1.52. The number of amides is 2. The zero-order valence-electron chi connectivity index (χ0n) is 16.6. The molecule has 2 fully saturated rings. The number of hydrogen-bond acceptors (Lipinski definition) is 5. The molecule has 1 aliphatic carbocycles. The molecule has 2 aliphatic rings. The molecule has 1 aromatic heterocycles. The molecule has 7 nitrogen and oxygen atoms in total. The Labute approximate surface area is 170 Å². The van der Waals surface area contributed by atoms with E-state index in [-0.39, 0.29) is 29.2 Å². The van der Waals surface area contributed by atoms with Crippen LogP contribution in [0.3, 0.4) is 0 Å². The molecule has 0 N–H and O–H groups in total. The first-order chi connectivity index (χ1) is 13.8. The summed E-state index contributed by atoms with van der Waals surface area (Å²) in [6.07, 6.45) is 5.31. The van der Waals surface area contributed by atoms with Crippen LogP contribution in [0.4, 0.5) is 0 Å². The van der Waals surface area contributed by atoms with Crippen LogP contribution < -0.4 is 0 Å². The molecule has 0 unspecified atom stereocenters. The number of piperazine rings is 1. The fourth-order valence-electron chi connectivity index (χ4n) is 4.38. The normalized spacial score (nSPS) is 18.5. The average molecular weight is 419 g/mol. The molecule has 1 saturated heterocycles. The van der Waals surface area contributed by atoms with E-state index in [1.165, 1.54) is 0 Å². The molecular formula is C21H26N2O5S.